The summed E-state index contributed by atoms with van der Waals surface area (Å²) in [6.45, 7) is 8.12. The normalized spacial score (nSPS) is 19.4. The van der Waals surface area contributed by atoms with Gasteiger partial charge in [-0.1, -0.05) is 136 Å². The summed E-state index contributed by atoms with van der Waals surface area (Å²) < 4.78 is 7.39. The maximum atomic E-state index is 14.4. The number of hydrogen-bond acceptors (Lipinski definition) is 8. The fourth-order valence-corrected chi connectivity index (χ4v) is 14.0. The summed E-state index contributed by atoms with van der Waals surface area (Å²) in [5.41, 5.74) is 3.49. The first-order valence-electron chi connectivity index (χ1n) is 20.2. The van der Waals surface area contributed by atoms with E-state index in [9.17, 15) is 35.0 Å². The molecule has 0 aromatic heterocycles. The molecule has 0 spiro atoms. The second-order valence-electron chi connectivity index (χ2n) is 16.9. The van der Waals surface area contributed by atoms with E-state index in [1.807, 2.05) is 79.7 Å². The second-order valence-corrected chi connectivity index (χ2v) is 21.2. The second kappa shape index (κ2) is 17.2. The number of allylic oxidation sites excluding steroid dienone is 1. The van der Waals surface area contributed by atoms with E-state index in [1.165, 1.54) is 12.1 Å². The minimum Gasteiger partial charge on any atom is -0.507 e. The largest absolute Gasteiger partial charge is 0.507 e. The SMILES string of the molecule is C/C(=C\c1ccc(O)c2ccccc12)CC[C@@H](O)C1=C(CO[Si](c2ccccc2)(c2ccccc2)C(C)(C)C)C[C@H]2C(=O)N(c3cccc(B(O)O)c3)C(=O)[C@H]2[C@H]1CO. The third-order valence-corrected chi connectivity index (χ3v) is 17.2. The van der Waals surface area contributed by atoms with E-state index in [4.69, 9.17) is 4.43 Å². The fourth-order valence-electron chi connectivity index (χ4n) is 9.42. The van der Waals surface area contributed by atoms with Gasteiger partial charge in [0.2, 0.25) is 11.8 Å². The van der Waals surface area contributed by atoms with Crippen LogP contribution in [0.15, 0.2) is 138 Å². The number of phenolic OH excluding ortho intramolecular Hbond substituents is 1. The Kier molecular flexibility index (Phi) is 12.3. The molecule has 0 bridgehead atoms. The lowest BCUT2D eigenvalue weighted by atomic mass is 9.68. The van der Waals surface area contributed by atoms with E-state index < -0.39 is 57.7 Å². The molecule has 0 saturated carbocycles. The van der Waals surface area contributed by atoms with Crippen molar-refractivity contribution in [3.63, 3.8) is 0 Å². The molecule has 0 unspecified atom stereocenters. The predicted octanol–water partition coefficient (Wildman–Crippen LogP) is 5.46. The molecule has 4 atom stereocenters. The van der Waals surface area contributed by atoms with Crippen LogP contribution in [0.5, 0.6) is 5.75 Å². The molecular formula is C48H52BNO8Si. The molecule has 1 saturated heterocycles. The van der Waals surface area contributed by atoms with Gasteiger partial charge in [0.05, 0.1) is 36.8 Å². The van der Waals surface area contributed by atoms with Crippen LogP contribution in [0, 0.1) is 17.8 Å². The van der Waals surface area contributed by atoms with Crippen molar-refractivity contribution >= 4 is 65.6 Å². The number of aliphatic hydroxyl groups is 2. The predicted molar refractivity (Wildman–Crippen MR) is 236 cm³/mol. The minimum absolute atomic E-state index is 0.0708. The third-order valence-electron chi connectivity index (χ3n) is 12.2. The van der Waals surface area contributed by atoms with Crippen LogP contribution in [0.3, 0.4) is 0 Å². The fraction of sp³-hybridized carbons (Fsp3) is 0.292. The number of carbonyl (C=O) groups is 2. The van der Waals surface area contributed by atoms with Gasteiger partial charge in [0.25, 0.3) is 8.32 Å². The van der Waals surface area contributed by atoms with Crippen molar-refractivity contribution in [2.45, 2.75) is 58.1 Å². The number of aliphatic hydroxyl groups excluding tert-OH is 2. The third kappa shape index (κ3) is 7.99. The summed E-state index contributed by atoms with van der Waals surface area (Å²) >= 11 is 0. The maximum absolute atomic E-state index is 14.4. The highest BCUT2D eigenvalue weighted by Crippen LogP contribution is 2.48. The molecule has 1 heterocycles. The summed E-state index contributed by atoms with van der Waals surface area (Å²) in [7, 11) is -4.90. The van der Waals surface area contributed by atoms with Crippen molar-refractivity contribution in [1.82, 2.24) is 0 Å². The van der Waals surface area contributed by atoms with Crippen molar-refractivity contribution < 1.29 is 39.4 Å². The quantitative estimate of drug-likeness (QED) is 0.0599. The molecule has 5 aromatic rings. The highest BCUT2D eigenvalue weighted by molar-refractivity contribution is 6.99. The Morgan fingerprint density at radius 2 is 1.49 bits per heavy atom. The Morgan fingerprint density at radius 3 is 2.10 bits per heavy atom. The first kappa shape index (κ1) is 42.0. The number of phenols is 1. The lowest BCUT2D eigenvalue weighted by Gasteiger charge is -2.44. The summed E-state index contributed by atoms with van der Waals surface area (Å²) in [5, 5.41) is 57.2. The molecular weight excluding hydrogens is 757 g/mol. The number of hydrogen-bond donors (Lipinski definition) is 5. The van der Waals surface area contributed by atoms with Crippen molar-refractivity contribution in [3.05, 3.63) is 144 Å². The molecule has 1 aliphatic heterocycles. The first-order valence-corrected chi connectivity index (χ1v) is 22.1. The van der Waals surface area contributed by atoms with Crippen LogP contribution in [0.4, 0.5) is 5.69 Å². The van der Waals surface area contributed by atoms with Gasteiger partial charge in [-0.3, -0.25) is 14.5 Å². The molecule has 11 heteroatoms. The standard InChI is InChI=1S/C48H52BNO8Si/c1-31(26-32-23-25-42(52)39-21-12-11-20-38(32)39)22-24-43(53)44-33(30-58-59(48(2,3)4,36-16-7-5-8-17-36)37-18-9-6-10-19-37)27-40-45(41(44)29-51)47(55)50(46(40)54)35-15-13-14-34(28-35)49(56)57/h5-21,23,25-26,28,40-41,43,45,51-53,56-57H,22,24,27,29-30H2,1-4H3/b31-26+/t40-,41+,43-,45-/m1/s1. The highest BCUT2D eigenvalue weighted by atomic mass is 28.4. The van der Waals surface area contributed by atoms with Crippen molar-refractivity contribution in [1.29, 1.82) is 0 Å². The Morgan fingerprint density at radius 1 is 0.864 bits per heavy atom. The zero-order valence-electron chi connectivity index (χ0n) is 34.0. The number of aromatic hydroxyl groups is 1. The van der Waals surface area contributed by atoms with Crippen LogP contribution in [0.1, 0.15) is 52.5 Å². The number of nitrogens with zero attached hydrogens (tertiary/aromatic N) is 1. The lowest BCUT2D eigenvalue weighted by Crippen LogP contribution is -2.66. The topological polar surface area (TPSA) is 148 Å². The summed E-state index contributed by atoms with van der Waals surface area (Å²) in [4.78, 5) is 29.9. The molecule has 5 N–H and O–H groups in total. The summed E-state index contributed by atoms with van der Waals surface area (Å²) in [6, 6.07) is 37.6. The highest BCUT2D eigenvalue weighted by Gasteiger charge is 2.56. The Hall–Kier alpha value is -5.14. The van der Waals surface area contributed by atoms with Gasteiger partial charge < -0.3 is 29.8 Å². The van der Waals surface area contributed by atoms with Gasteiger partial charge >= 0.3 is 7.12 Å². The van der Waals surface area contributed by atoms with Crippen molar-refractivity contribution in [2.75, 3.05) is 18.1 Å². The number of amides is 2. The van der Waals surface area contributed by atoms with Gasteiger partial charge in [-0.25, -0.2) is 0 Å². The average molecular weight is 810 g/mol. The van der Waals surface area contributed by atoms with Gasteiger partial charge in [-0.05, 0) is 87.4 Å². The molecule has 2 amide bonds. The minimum atomic E-state index is -3.10. The van der Waals surface area contributed by atoms with Gasteiger partial charge in [-0.2, -0.15) is 0 Å². The van der Waals surface area contributed by atoms with Crippen LogP contribution in [0.25, 0.3) is 16.8 Å². The van der Waals surface area contributed by atoms with Crippen LogP contribution >= 0.6 is 0 Å². The zero-order valence-corrected chi connectivity index (χ0v) is 35.0. The number of rotatable bonds is 13. The molecule has 304 valence electrons. The molecule has 5 aromatic carbocycles. The van der Waals surface area contributed by atoms with Gasteiger partial charge in [0, 0.05) is 11.3 Å². The Labute approximate surface area is 347 Å². The van der Waals surface area contributed by atoms with Crippen LogP contribution in [-0.2, 0) is 14.0 Å². The number of carbonyl (C=O) groups excluding carboxylic acids is 2. The van der Waals surface area contributed by atoms with Gasteiger partial charge in [0.15, 0.2) is 0 Å². The number of imide groups is 1. The van der Waals surface area contributed by atoms with Gasteiger partial charge in [-0.15, -0.1) is 0 Å². The average Bonchev–Trinajstić information content (AvgIpc) is 3.49. The molecule has 0 radical (unpaired) electrons. The lowest BCUT2D eigenvalue weighted by molar-refractivity contribution is -0.123. The summed E-state index contributed by atoms with van der Waals surface area (Å²) in [6.07, 6.45) is 1.89. The molecule has 1 fully saturated rings. The molecule has 2 aliphatic rings. The Balaban J connectivity index is 1.29. The first-order chi connectivity index (χ1) is 28.3. The zero-order chi connectivity index (χ0) is 42.1. The van der Waals surface area contributed by atoms with E-state index in [1.54, 1.807) is 18.2 Å². The molecule has 59 heavy (non-hydrogen) atoms. The van der Waals surface area contributed by atoms with Crippen LogP contribution in [0.2, 0.25) is 5.04 Å². The van der Waals surface area contributed by atoms with E-state index in [0.717, 1.165) is 37.2 Å². The van der Waals surface area contributed by atoms with Crippen molar-refractivity contribution in [3.8, 4) is 5.75 Å². The number of fused-ring (bicyclic) bond motifs is 2. The van der Waals surface area contributed by atoms with E-state index in [-0.39, 0.29) is 41.4 Å². The van der Waals surface area contributed by atoms with Crippen molar-refractivity contribution in [2.24, 2.45) is 17.8 Å². The van der Waals surface area contributed by atoms with E-state index in [0.29, 0.717) is 17.6 Å². The van der Waals surface area contributed by atoms with Crippen LogP contribution in [-0.4, -0.2) is 71.9 Å². The smallest absolute Gasteiger partial charge is 0.488 e. The van der Waals surface area contributed by atoms with E-state index >= 15 is 0 Å². The van der Waals surface area contributed by atoms with Crippen LogP contribution < -0.4 is 20.7 Å². The Bertz CT molecular complexity index is 2350. The van der Waals surface area contributed by atoms with Gasteiger partial charge in [0.1, 0.15) is 5.75 Å². The maximum Gasteiger partial charge on any atom is 0.488 e. The molecule has 7 rings (SSSR count). The molecule has 1 aliphatic carbocycles. The molecule has 9 nitrogen and oxygen atoms in total. The monoisotopic (exact) mass is 809 g/mol. The number of anilines is 1. The van der Waals surface area contributed by atoms with E-state index in [2.05, 4.69) is 45.0 Å². The summed E-state index contributed by atoms with van der Waals surface area (Å²) in [5.74, 6) is -3.40. The number of benzene rings is 5.